The van der Waals surface area contributed by atoms with E-state index in [0.717, 1.165) is 30.2 Å². The Morgan fingerprint density at radius 1 is 1.23 bits per heavy atom. The van der Waals surface area contributed by atoms with Crippen molar-refractivity contribution in [2.75, 3.05) is 5.32 Å². The molecule has 1 atom stereocenters. The summed E-state index contributed by atoms with van der Waals surface area (Å²) in [7, 11) is 0. The lowest BCUT2D eigenvalue weighted by Gasteiger charge is -2.29. The van der Waals surface area contributed by atoms with Gasteiger partial charge in [-0.15, -0.1) is 0 Å². The van der Waals surface area contributed by atoms with E-state index in [1.54, 1.807) is 0 Å². The van der Waals surface area contributed by atoms with Crippen molar-refractivity contribution in [1.29, 1.82) is 0 Å². The maximum Gasteiger partial charge on any atom is 0.226 e. The van der Waals surface area contributed by atoms with E-state index >= 15 is 0 Å². The van der Waals surface area contributed by atoms with Crippen LogP contribution in [0, 0.1) is 11.6 Å². The second kappa shape index (κ2) is 4.90. The van der Waals surface area contributed by atoms with Gasteiger partial charge >= 0.3 is 0 Å². The van der Waals surface area contributed by atoms with Gasteiger partial charge in [0.25, 0.3) is 0 Å². The SMILES string of the molecule is O=C1CC(c2ccc(F)cc2F)c2c(n[nH]c2C2CCC2)N1. The summed E-state index contributed by atoms with van der Waals surface area (Å²) >= 11 is 0. The summed E-state index contributed by atoms with van der Waals surface area (Å²) in [6.45, 7) is 0. The maximum absolute atomic E-state index is 14.2. The molecule has 2 heterocycles. The van der Waals surface area contributed by atoms with Crippen LogP contribution in [-0.4, -0.2) is 16.1 Å². The molecule has 1 amide bonds. The van der Waals surface area contributed by atoms with Crippen LogP contribution in [0.25, 0.3) is 0 Å². The fraction of sp³-hybridized carbons (Fsp3) is 0.375. The maximum atomic E-state index is 14.2. The van der Waals surface area contributed by atoms with Crippen LogP contribution in [-0.2, 0) is 4.79 Å². The van der Waals surface area contributed by atoms with E-state index < -0.39 is 17.6 Å². The summed E-state index contributed by atoms with van der Waals surface area (Å²) in [5, 5.41) is 9.92. The molecule has 22 heavy (non-hydrogen) atoms. The summed E-state index contributed by atoms with van der Waals surface area (Å²) in [4.78, 5) is 11.9. The number of halogens is 2. The molecule has 1 aliphatic heterocycles. The summed E-state index contributed by atoms with van der Waals surface area (Å²) in [5.41, 5.74) is 2.18. The third-order valence-electron chi connectivity index (χ3n) is 4.68. The average molecular weight is 303 g/mol. The topological polar surface area (TPSA) is 57.8 Å². The highest BCUT2D eigenvalue weighted by Crippen LogP contribution is 2.45. The number of aromatic nitrogens is 2. The number of amides is 1. The Balaban J connectivity index is 1.83. The fourth-order valence-corrected chi connectivity index (χ4v) is 3.34. The Morgan fingerprint density at radius 3 is 2.73 bits per heavy atom. The fourth-order valence-electron chi connectivity index (χ4n) is 3.34. The van der Waals surface area contributed by atoms with Gasteiger partial charge in [-0.2, -0.15) is 5.10 Å². The molecule has 0 saturated heterocycles. The quantitative estimate of drug-likeness (QED) is 0.893. The first-order valence-corrected chi connectivity index (χ1v) is 7.46. The molecule has 2 aromatic rings. The molecule has 2 N–H and O–H groups in total. The van der Waals surface area contributed by atoms with Crippen LogP contribution in [0.4, 0.5) is 14.6 Å². The molecule has 114 valence electrons. The molecule has 1 saturated carbocycles. The zero-order valence-corrected chi connectivity index (χ0v) is 11.8. The number of benzene rings is 1. The normalized spacial score (nSPS) is 21.2. The van der Waals surface area contributed by atoms with Gasteiger partial charge in [-0.1, -0.05) is 12.5 Å². The lowest BCUT2D eigenvalue weighted by molar-refractivity contribution is -0.116. The van der Waals surface area contributed by atoms with Gasteiger partial charge < -0.3 is 5.32 Å². The summed E-state index contributed by atoms with van der Waals surface area (Å²) in [6.07, 6.45) is 3.46. The molecular formula is C16H15F2N3O. The summed E-state index contributed by atoms with van der Waals surface area (Å²) in [5.74, 6) is -0.990. The second-order valence-electron chi connectivity index (χ2n) is 6.00. The number of H-pyrrole nitrogens is 1. The first-order chi connectivity index (χ1) is 10.6. The predicted octanol–water partition coefficient (Wildman–Crippen LogP) is 3.43. The number of carbonyl (C=O) groups excluding carboxylic acids is 1. The van der Waals surface area contributed by atoms with Gasteiger partial charge in [0.05, 0.1) is 0 Å². The number of nitrogens with zero attached hydrogens (tertiary/aromatic N) is 1. The number of fused-ring (bicyclic) bond motifs is 1. The molecule has 0 radical (unpaired) electrons. The van der Waals surface area contributed by atoms with Crippen molar-refractivity contribution in [3.8, 4) is 0 Å². The molecule has 0 bridgehead atoms. The van der Waals surface area contributed by atoms with Crippen LogP contribution in [0.1, 0.15) is 54.3 Å². The van der Waals surface area contributed by atoms with Crippen molar-refractivity contribution in [2.24, 2.45) is 0 Å². The van der Waals surface area contributed by atoms with Crippen molar-refractivity contribution in [2.45, 2.75) is 37.5 Å². The molecule has 1 aliphatic carbocycles. The number of hydrogen-bond acceptors (Lipinski definition) is 2. The Kier molecular flexibility index (Phi) is 2.99. The monoisotopic (exact) mass is 303 g/mol. The van der Waals surface area contributed by atoms with E-state index in [2.05, 4.69) is 15.5 Å². The van der Waals surface area contributed by atoms with Gasteiger partial charge in [0.15, 0.2) is 5.82 Å². The predicted molar refractivity (Wildman–Crippen MR) is 76.6 cm³/mol. The third-order valence-corrected chi connectivity index (χ3v) is 4.68. The van der Waals surface area contributed by atoms with Crippen molar-refractivity contribution in [3.05, 3.63) is 46.7 Å². The minimum atomic E-state index is -0.619. The minimum Gasteiger partial charge on any atom is -0.309 e. The highest BCUT2D eigenvalue weighted by molar-refractivity contribution is 5.94. The average Bonchev–Trinajstić information content (AvgIpc) is 2.79. The van der Waals surface area contributed by atoms with E-state index in [-0.39, 0.29) is 12.3 Å². The van der Waals surface area contributed by atoms with Crippen LogP contribution >= 0.6 is 0 Å². The van der Waals surface area contributed by atoms with E-state index in [9.17, 15) is 13.6 Å². The van der Waals surface area contributed by atoms with Crippen LogP contribution in [0.5, 0.6) is 0 Å². The number of anilines is 1. The third kappa shape index (κ3) is 2.01. The van der Waals surface area contributed by atoms with Gasteiger partial charge in [0, 0.05) is 35.6 Å². The number of hydrogen-bond donors (Lipinski definition) is 2. The van der Waals surface area contributed by atoms with Crippen molar-refractivity contribution in [3.63, 3.8) is 0 Å². The van der Waals surface area contributed by atoms with Gasteiger partial charge in [-0.3, -0.25) is 9.89 Å². The number of carbonyl (C=O) groups is 1. The molecule has 1 aromatic carbocycles. The number of rotatable bonds is 2. The Hall–Kier alpha value is -2.24. The summed E-state index contributed by atoms with van der Waals surface area (Å²) in [6, 6.07) is 3.52. The molecule has 4 rings (SSSR count). The molecular weight excluding hydrogens is 288 g/mol. The highest BCUT2D eigenvalue weighted by atomic mass is 19.1. The molecule has 0 spiro atoms. The lowest BCUT2D eigenvalue weighted by Crippen LogP contribution is -2.25. The zero-order valence-electron chi connectivity index (χ0n) is 11.8. The van der Waals surface area contributed by atoms with Gasteiger partial charge in [-0.25, -0.2) is 8.78 Å². The van der Waals surface area contributed by atoms with E-state index in [4.69, 9.17) is 0 Å². The Morgan fingerprint density at radius 2 is 2.05 bits per heavy atom. The van der Waals surface area contributed by atoms with Crippen LogP contribution in [0.15, 0.2) is 18.2 Å². The first kappa shape index (κ1) is 13.4. The summed E-state index contributed by atoms with van der Waals surface area (Å²) < 4.78 is 27.3. The van der Waals surface area contributed by atoms with Crippen molar-refractivity contribution >= 4 is 11.7 Å². The van der Waals surface area contributed by atoms with Gasteiger partial charge in [0.2, 0.25) is 5.91 Å². The van der Waals surface area contributed by atoms with Gasteiger partial charge in [-0.05, 0) is 24.5 Å². The molecule has 2 aliphatic rings. The number of aromatic amines is 1. The second-order valence-corrected chi connectivity index (χ2v) is 6.00. The standard InChI is InChI=1S/C16H15F2N3O/c17-9-4-5-10(12(18)6-9)11-7-13(22)19-16-14(11)15(20-21-16)8-2-1-3-8/h4-6,8,11H,1-3,7H2,(H2,19,20,21,22). The first-order valence-electron chi connectivity index (χ1n) is 7.46. The Bertz CT molecular complexity index is 752. The number of nitrogens with one attached hydrogen (secondary N) is 2. The molecule has 1 unspecified atom stereocenters. The molecule has 1 fully saturated rings. The van der Waals surface area contributed by atoms with Gasteiger partial charge in [0.1, 0.15) is 11.6 Å². The zero-order chi connectivity index (χ0) is 15.3. The van der Waals surface area contributed by atoms with E-state index in [1.165, 1.54) is 18.6 Å². The largest absolute Gasteiger partial charge is 0.309 e. The van der Waals surface area contributed by atoms with E-state index in [0.29, 0.717) is 17.3 Å². The minimum absolute atomic E-state index is 0.148. The van der Waals surface area contributed by atoms with Crippen LogP contribution < -0.4 is 5.32 Å². The Labute approximate surface area is 125 Å². The van der Waals surface area contributed by atoms with Crippen molar-refractivity contribution in [1.82, 2.24) is 10.2 Å². The highest BCUT2D eigenvalue weighted by Gasteiger charge is 2.36. The molecule has 4 nitrogen and oxygen atoms in total. The smallest absolute Gasteiger partial charge is 0.226 e. The molecule has 6 heteroatoms. The van der Waals surface area contributed by atoms with Crippen LogP contribution in [0.3, 0.4) is 0 Å². The van der Waals surface area contributed by atoms with Crippen molar-refractivity contribution < 1.29 is 13.6 Å². The lowest BCUT2D eigenvalue weighted by atomic mass is 9.77. The van der Waals surface area contributed by atoms with E-state index in [1.807, 2.05) is 0 Å². The van der Waals surface area contributed by atoms with Crippen LogP contribution in [0.2, 0.25) is 0 Å². The molecule has 1 aromatic heterocycles.